The summed E-state index contributed by atoms with van der Waals surface area (Å²) in [6.07, 6.45) is -4.34. The lowest BCUT2D eigenvalue weighted by molar-refractivity contribution is -0.170. The molecular formula is C12H24O9. The molecule has 0 aromatic heterocycles. The molecule has 126 valence electrons. The lowest BCUT2D eigenvalue weighted by Gasteiger charge is -2.14. The first-order chi connectivity index (χ1) is 9.67. The summed E-state index contributed by atoms with van der Waals surface area (Å²) in [6, 6.07) is 0. The fourth-order valence-corrected chi connectivity index (χ4v) is 0.963. The topological polar surface area (TPSA) is 154 Å². The Morgan fingerprint density at radius 2 is 1.57 bits per heavy atom. The van der Waals surface area contributed by atoms with Crippen molar-refractivity contribution in [2.24, 2.45) is 0 Å². The first kappa shape index (κ1) is 22.0. The summed E-state index contributed by atoms with van der Waals surface area (Å²) in [4.78, 5) is 20.4. The fourth-order valence-electron chi connectivity index (χ4n) is 0.963. The van der Waals surface area contributed by atoms with E-state index in [2.05, 4.69) is 4.74 Å². The molecule has 0 aliphatic carbocycles. The average Bonchev–Trinajstić information content (AvgIpc) is 2.41. The van der Waals surface area contributed by atoms with Gasteiger partial charge in [0.15, 0.2) is 12.2 Å². The fraction of sp³-hybridized carbons (Fsp3) is 0.833. The third-order valence-corrected chi connectivity index (χ3v) is 2.01. The van der Waals surface area contributed by atoms with Crippen LogP contribution in [0.25, 0.3) is 0 Å². The van der Waals surface area contributed by atoms with E-state index in [1.54, 1.807) is 13.8 Å². The van der Waals surface area contributed by atoms with Crippen molar-refractivity contribution >= 4 is 11.9 Å². The number of aliphatic hydroxyl groups excluding tert-OH is 3. The standard InChI is InChI=1S/C6H10O6.C6H14O3/c1-2-12-4(6(10)11)3(7)5(8)9;1-5(8)4-9-6(2)3-7/h3-4,7H,2H2,1H3,(H,8,9)(H,10,11);5-8H,3-4H2,1-2H3. The molecule has 0 aliphatic rings. The number of ether oxygens (including phenoxy) is 2. The highest BCUT2D eigenvalue weighted by atomic mass is 16.5. The summed E-state index contributed by atoms with van der Waals surface area (Å²) in [5, 5.41) is 42.5. The minimum atomic E-state index is -2.03. The Bertz CT molecular complexity index is 292. The highest BCUT2D eigenvalue weighted by Gasteiger charge is 2.32. The zero-order valence-electron chi connectivity index (χ0n) is 12.3. The molecule has 9 heteroatoms. The molecule has 0 bridgehead atoms. The molecule has 21 heavy (non-hydrogen) atoms. The van der Waals surface area contributed by atoms with Gasteiger partial charge in [0.05, 0.1) is 25.4 Å². The zero-order valence-corrected chi connectivity index (χ0v) is 12.3. The molecule has 4 unspecified atom stereocenters. The van der Waals surface area contributed by atoms with Crippen LogP contribution >= 0.6 is 0 Å². The highest BCUT2D eigenvalue weighted by molar-refractivity contribution is 5.83. The van der Waals surface area contributed by atoms with E-state index < -0.39 is 30.3 Å². The molecule has 0 radical (unpaired) electrons. The number of hydrogen-bond acceptors (Lipinski definition) is 7. The maximum Gasteiger partial charge on any atom is 0.336 e. The van der Waals surface area contributed by atoms with Crippen molar-refractivity contribution in [2.45, 2.75) is 45.2 Å². The molecule has 0 aromatic carbocycles. The number of hydrogen-bond donors (Lipinski definition) is 5. The molecule has 9 nitrogen and oxygen atoms in total. The van der Waals surface area contributed by atoms with Crippen LogP contribution in [0.4, 0.5) is 0 Å². The number of carbonyl (C=O) groups is 2. The predicted molar refractivity (Wildman–Crippen MR) is 70.9 cm³/mol. The monoisotopic (exact) mass is 312 g/mol. The Hall–Kier alpha value is -1.26. The molecule has 0 saturated heterocycles. The maximum atomic E-state index is 10.3. The summed E-state index contributed by atoms with van der Waals surface area (Å²) in [7, 11) is 0. The molecule has 0 amide bonds. The highest BCUT2D eigenvalue weighted by Crippen LogP contribution is 2.00. The van der Waals surface area contributed by atoms with Crippen molar-refractivity contribution in [2.75, 3.05) is 19.8 Å². The third-order valence-electron chi connectivity index (χ3n) is 2.01. The van der Waals surface area contributed by atoms with Crippen LogP contribution in [-0.2, 0) is 19.1 Å². The van der Waals surface area contributed by atoms with E-state index in [0.717, 1.165) is 0 Å². The van der Waals surface area contributed by atoms with Crippen LogP contribution in [0, 0.1) is 0 Å². The normalized spacial score (nSPS) is 16.1. The summed E-state index contributed by atoms with van der Waals surface area (Å²) in [5.74, 6) is -3.11. The quantitative estimate of drug-likeness (QED) is 0.349. The molecule has 0 aromatic rings. The summed E-state index contributed by atoms with van der Waals surface area (Å²) in [5.41, 5.74) is 0. The average molecular weight is 312 g/mol. The van der Waals surface area contributed by atoms with Gasteiger partial charge in [-0.1, -0.05) is 0 Å². The van der Waals surface area contributed by atoms with Gasteiger partial charge in [-0.05, 0) is 20.8 Å². The Morgan fingerprint density at radius 3 is 1.86 bits per heavy atom. The van der Waals surface area contributed by atoms with Gasteiger partial charge >= 0.3 is 11.9 Å². The molecule has 0 rings (SSSR count). The second-order valence-electron chi connectivity index (χ2n) is 4.17. The Morgan fingerprint density at radius 1 is 1.05 bits per heavy atom. The van der Waals surface area contributed by atoms with Gasteiger partial charge in [0, 0.05) is 6.61 Å². The Kier molecular flexibility index (Phi) is 13.1. The van der Waals surface area contributed by atoms with Crippen LogP contribution < -0.4 is 0 Å². The lowest BCUT2D eigenvalue weighted by Crippen LogP contribution is -2.41. The van der Waals surface area contributed by atoms with Gasteiger partial charge in [0.25, 0.3) is 0 Å². The summed E-state index contributed by atoms with van der Waals surface area (Å²) < 4.78 is 9.45. The molecule has 0 heterocycles. The second-order valence-corrected chi connectivity index (χ2v) is 4.17. The molecule has 0 aliphatic heterocycles. The molecule has 5 N–H and O–H groups in total. The Labute approximate surface area is 122 Å². The van der Waals surface area contributed by atoms with Crippen molar-refractivity contribution in [1.82, 2.24) is 0 Å². The van der Waals surface area contributed by atoms with Gasteiger partial charge in [-0.25, -0.2) is 9.59 Å². The van der Waals surface area contributed by atoms with Gasteiger partial charge in [0.1, 0.15) is 0 Å². The second kappa shape index (κ2) is 12.5. The van der Waals surface area contributed by atoms with Gasteiger partial charge in [-0.2, -0.15) is 0 Å². The van der Waals surface area contributed by atoms with Crippen molar-refractivity contribution in [3.05, 3.63) is 0 Å². The van der Waals surface area contributed by atoms with E-state index in [0.29, 0.717) is 6.61 Å². The van der Waals surface area contributed by atoms with Gasteiger partial charge in [-0.15, -0.1) is 0 Å². The van der Waals surface area contributed by atoms with Gasteiger partial charge in [-0.3, -0.25) is 0 Å². The largest absolute Gasteiger partial charge is 0.479 e. The van der Waals surface area contributed by atoms with Crippen LogP contribution in [0.3, 0.4) is 0 Å². The summed E-state index contributed by atoms with van der Waals surface area (Å²) in [6.45, 7) is 5.23. The number of carboxylic acid groups (broad SMARTS) is 2. The number of rotatable bonds is 9. The smallest absolute Gasteiger partial charge is 0.336 e. The minimum absolute atomic E-state index is 0.00667. The number of carboxylic acids is 2. The summed E-state index contributed by atoms with van der Waals surface area (Å²) >= 11 is 0. The molecule has 4 atom stereocenters. The van der Waals surface area contributed by atoms with Crippen LogP contribution in [0.2, 0.25) is 0 Å². The van der Waals surface area contributed by atoms with Gasteiger partial charge in [0.2, 0.25) is 0 Å². The van der Waals surface area contributed by atoms with E-state index in [-0.39, 0.29) is 19.3 Å². The zero-order chi connectivity index (χ0) is 17.0. The van der Waals surface area contributed by atoms with Crippen molar-refractivity contribution in [3.8, 4) is 0 Å². The van der Waals surface area contributed by atoms with Crippen molar-refractivity contribution in [1.29, 1.82) is 0 Å². The lowest BCUT2D eigenvalue weighted by atomic mass is 10.2. The SMILES string of the molecule is CC(O)COC(C)CO.CCOC(C(=O)O)C(O)C(=O)O. The number of aliphatic hydroxyl groups is 3. The third kappa shape index (κ3) is 12.2. The van der Waals surface area contributed by atoms with E-state index in [4.69, 9.17) is 30.3 Å². The van der Waals surface area contributed by atoms with Crippen LogP contribution in [0.5, 0.6) is 0 Å². The molecule has 0 saturated carbocycles. The molecule has 0 fully saturated rings. The van der Waals surface area contributed by atoms with Crippen LogP contribution in [0.15, 0.2) is 0 Å². The number of aliphatic carboxylic acids is 2. The minimum Gasteiger partial charge on any atom is -0.479 e. The Balaban J connectivity index is 0. The predicted octanol–water partition coefficient (Wildman–Crippen LogP) is -1.31. The van der Waals surface area contributed by atoms with E-state index in [1.165, 1.54) is 6.92 Å². The van der Waals surface area contributed by atoms with Crippen molar-refractivity contribution < 1.29 is 44.6 Å². The van der Waals surface area contributed by atoms with Crippen LogP contribution in [0.1, 0.15) is 20.8 Å². The first-order valence-corrected chi connectivity index (χ1v) is 6.33. The van der Waals surface area contributed by atoms with Crippen molar-refractivity contribution in [3.63, 3.8) is 0 Å². The molecule has 0 spiro atoms. The molecular weight excluding hydrogens is 288 g/mol. The van der Waals surface area contributed by atoms with Gasteiger partial charge < -0.3 is 35.0 Å². The van der Waals surface area contributed by atoms with E-state index in [9.17, 15) is 9.59 Å². The maximum absolute atomic E-state index is 10.3. The first-order valence-electron chi connectivity index (χ1n) is 6.33. The van der Waals surface area contributed by atoms with Crippen LogP contribution in [-0.4, -0.2) is 81.7 Å². The van der Waals surface area contributed by atoms with E-state index >= 15 is 0 Å². The van der Waals surface area contributed by atoms with E-state index in [1.807, 2.05) is 0 Å².